The highest BCUT2D eigenvalue weighted by Crippen LogP contribution is 2.26. The van der Waals surface area contributed by atoms with Crippen molar-refractivity contribution in [1.82, 2.24) is 4.90 Å². The topological polar surface area (TPSA) is 20.3 Å². The summed E-state index contributed by atoms with van der Waals surface area (Å²) in [5.74, 6) is 0.0774. The largest absolute Gasteiger partial charge is 0.341 e. The Morgan fingerprint density at radius 1 is 1.05 bits per heavy atom. The highest BCUT2D eigenvalue weighted by atomic mass is 35.5. The predicted molar refractivity (Wildman–Crippen MR) is 87.4 cm³/mol. The molecule has 2 aromatic carbocycles. The summed E-state index contributed by atoms with van der Waals surface area (Å²) in [6, 6.07) is 17.5. The van der Waals surface area contributed by atoms with Crippen molar-refractivity contribution < 1.29 is 4.79 Å². The van der Waals surface area contributed by atoms with Gasteiger partial charge in [0.15, 0.2) is 0 Å². The predicted octanol–water partition coefficient (Wildman–Crippen LogP) is 4.28. The molecule has 2 aromatic rings. The molecule has 2 rings (SSSR count). The number of benzene rings is 2. The third kappa shape index (κ3) is 3.45. The van der Waals surface area contributed by atoms with Crippen LogP contribution in [-0.4, -0.2) is 17.9 Å². The Bertz CT molecular complexity index is 622. The summed E-state index contributed by atoms with van der Waals surface area (Å²) in [6.45, 7) is 4.41. The van der Waals surface area contributed by atoms with Crippen molar-refractivity contribution in [2.24, 2.45) is 0 Å². The lowest BCUT2D eigenvalue weighted by Gasteiger charge is -2.30. The zero-order chi connectivity index (χ0) is 15.5. The molecule has 1 amide bonds. The Morgan fingerprint density at radius 2 is 1.62 bits per heavy atom. The van der Waals surface area contributed by atoms with Crippen LogP contribution in [-0.2, 0) is 16.8 Å². The van der Waals surface area contributed by atoms with Crippen LogP contribution in [0.4, 0.5) is 0 Å². The molecule has 0 N–H and O–H groups in total. The van der Waals surface area contributed by atoms with E-state index < -0.39 is 5.41 Å². The fourth-order valence-electron chi connectivity index (χ4n) is 2.41. The molecular weight excluding hydrogens is 282 g/mol. The van der Waals surface area contributed by atoms with Crippen molar-refractivity contribution in [2.75, 3.05) is 7.05 Å². The molecule has 0 unspecified atom stereocenters. The first-order valence-corrected chi connectivity index (χ1v) is 7.35. The standard InChI is InChI=1S/C18H20ClNO/c1-18(2,15-10-5-4-6-11-15)17(21)20(3)13-14-9-7-8-12-16(14)19/h4-12H,13H2,1-3H3. The molecular formula is C18H20ClNO. The van der Waals surface area contributed by atoms with Gasteiger partial charge in [-0.2, -0.15) is 0 Å². The number of hydrogen-bond donors (Lipinski definition) is 0. The highest BCUT2D eigenvalue weighted by molar-refractivity contribution is 6.31. The maximum absolute atomic E-state index is 12.8. The summed E-state index contributed by atoms with van der Waals surface area (Å²) >= 11 is 6.17. The minimum Gasteiger partial charge on any atom is -0.341 e. The maximum Gasteiger partial charge on any atom is 0.232 e. The SMILES string of the molecule is CN(Cc1ccccc1Cl)C(=O)C(C)(C)c1ccccc1. The van der Waals surface area contributed by atoms with E-state index in [4.69, 9.17) is 11.6 Å². The first kappa shape index (κ1) is 15.6. The normalized spacial score (nSPS) is 11.2. The zero-order valence-electron chi connectivity index (χ0n) is 12.6. The van der Waals surface area contributed by atoms with Crippen LogP contribution >= 0.6 is 11.6 Å². The number of halogens is 1. The molecule has 0 aliphatic rings. The van der Waals surface area contributed by atoms with Crippen molar-refractivity contribution in [3.8, 4) is 0 Å². The van der Waals surface area contributed by atoms with E-state index in [2.05, 4.69) is 0 Å². The molecule has 2 nitrogen and oxygen atoms in total. The van der Waals surface area contributed by atoms with E-state index >= 15 is 0 Å². The molecule has 0 heterocycles. The van der Waals surface area contributed by atoms with Crippen LogP contribution in [0, 0.1) is 0 Å². The minimum absolute atomic E-state index is 0.0774. The lowest BCUT2D eigenvalue weighted by atomic mass is 9.83. The Morgan fingerprint density at radius 3 is 2.24 bits per heavy atom. The second kappa shape index (κ2) is 6.31. The van der Waals surface area contributed by atoms with Gasteiger partial charge in [0.05, 0.1) is 5.41 Å². The molecule has 21 heavy (non-hydrogen) atoms. The van der Waals surface area contributed by atoms with E-state index in [9.17, 15) is 4.79 Å². The van der Waals surface area contributed by atoms with E-state index in [1.165, 1.54) is 0 Å². The van der Waals surface area contributed by atoms with Crippen molar-refractivity contribution in [3.63, 3.8) is 0 Å². The average molecular weight is 302 g/mol. The van der Waals surface area contributed by atoms with Crippen LogP contribution in [0.25, 0.3) is 0 Å². The van der Waals surface area contributed by atoms with Crippen LogP contribution < -0.4 is 0 Å². The number of likely N-dealkylation sites (N-methyl/N-ethyl adjacent to an activating group) is 1. The monoisotopic (exact) mass is 301 g/mol. The quantitative estimate of drug-likeness (QED) is 0.825. The van der Waals surface area contributed by atoms with Crippen LogP contribution in [0.3, 0.4) is 0 Å². The van der Waals surface area contributed by atoms with Gasteiger partial charge in [0.25, 0.3) is 0 Å². The van der Waals surface area contributed by atoms with Crippen LogP contribution in [0.5, 0.6) is 0 Å². The van der Waals surface area contributed by atoms with Crippen molar-refractivity contribution in [3.05, 3.63) is 70.7 Å². The molecule has 0 aromatic heterocycles. The zero-order valence-corrected chi connectivity index (χ0v) is 13.4. The Kier molecular flexibility index (Phi) is 4.69. The summed E-state index contributed by atoms with van der Waals surface area (Å²) in [6.07, 6.45) is 0. The smallest absolute Gasteiger partial charge is 0.232 e. The lowest BCUT2D eigenvalue weighted by molar-refractivity contribution is -0.135. The Labute approximate surface area is 131 Å². The van der Waals surface area contributed by atoms with Gasteiger partial charge in [0.1, 0.15) is 0 Å². The van der Waals surface area contributed by atoms with Gasteiger partial charge >= 0.3 is 0 Å². The Balaban J connectivity index is 2.18. The maximum atomic E-state index is 12.8. The van der Waals surface area contributed by atoms with E-state index in [-0.39, 0.29) is 5.91 Å². The molecule has 0 fully saturated rings. The fraction of sp³-hybridized carbons (Fsp3) is 0.278. The number of nitrogens with zero attached hydrogens (tertiary/aromatic N) is 1. The molecule has 0 saturated heterocycles. The second-order valence-electron chi connectivity index (χ2n) is 5.74. The lowest BCUT2D eigenvalue weighted by Crippen LogP contribution is -2.41. The third-order valence-electron chi connectivity index (χ3n) is 3.74. The van der Waals surface area contributed by atoms with Crippen LogP contribution in [0.1, 0.15) is 25.0 Å². The highest BCUT2D eigenvalue weighted by Gasteiger charge is 2.32. The van der Waals surface area contributed by atoms with Gasteiger partial charge in [-0.25, -0.2) is 0 Å². The van der Waals surface area contributed by atoms with Crippen molar-refractivity contribution >= 4 is 17.5 Å². The van der Waals surface area contributed by atoms with Gasteiger partial charge in [-0.1, -0.05) is 60.1 Å². The minimum atomic E-state index is -0.558. The summed E-state index contributed by atoms with van der Waals surface area (Å²) in [7, 11) is 1.82. The van der Waals surface area contributed by atoms with Gasteiger partial charge < -0.3 is 4.90 Å². The van der Waals surface area contributed by atoms with Crippen LogP contribution in [0.15, 0.2) is 54.6 Å². The van der Waals surface area contributed by atoms with Crippen molar-refractivity contribution in [1.29, 1.82) is 0 Å². The van der Waals surface area contributed by atoms with E-state index in [1.54, 1.807) is 4.90 Å². The van der Waals surface area contributed by atoms with Gasteiger partial charge in [-0.05, 0) is 31.0 Å². The molecule has 0 spiro atoms. The second-order valence-corrected chi connectivity index (χ2v) is 6.15. The van der Waals surface area contributed by atoms with Gasteiger partial charge in [-0.3, -0.25) is 4.79 Å². The number of hydrogen-bond acceptors (Lipinski definition) is 1. The van der Waals surface area contributed by atoms with Gasteiger partial charge in [0, 0.05) is 18.6 Å². The van der Waals surface area contributed by atoms with Gasteiger partial charge in [0.2, 0.25) is 5.91 Å². The summed E-state index contributed by atoms with van der Waals surface area (Å²) in [4.78, 5) is 14.5. The molecule has 0 bridgehead atoms. The van der Waals surface area contributed by atoms with Crippen LogP contribution in [0.2, 0.25) is 5.02 Å². The van der Waals surface area contributed by atoms with E-state index in [0.29, 0.717) is 11.6 Å². The molecule has 0 aliphatic carbocycles. The molecule has 0 aliphatic heterocycles. The molecule has 0 atom stereocenters. The molecule has 0 saturated carbocycles. The molecule has 0 radical (unpaired) electrons. The Hall–Kier alpha value is -1.80. The van der Waals surface area contributed by atoms with Gasteiger partial charge in [-0.15, -0.1) is 0 Å². The number of carbonyl (C=O) groups is 1. The number of amides is 1. The summed E-state index contributed by atoms with van der Waals surface area (Å²) in [5, 5.41) is 0.690. The van der Waals surface area contributed by atoms with Crippen molar-refractivity contribution in [2.45, 2.75) is 25.8 Å². The first-order valence-electron chi connectivity index (χ1n) is 6.97. The van der Waals surface area contributed by atoms with E-state index in [0.717, 1.165) is 11.1 Å². The molecule has 3 heteroatoms. The fourth-order valence-corrected chi connectivity index (χ4v) is 2.60. The molecule has 110 valence electrons. The summed E-state index contributed by atoms with van der Waals surface area (Å²) < 4.78 is 0. The average Bonchev–Trinajstić information content (AvgIpc) is 2.49. The summed E-state index contributed by atoms with van der Waals surface area (Å²) in [5.41, 5.74) is 1.41. The number of carbonyl (C=O) groups excluding carboxylic acids is 1. The number of rotatable bonds is 4. The first-order chi connectivity index (χ1) is 9.93. The third-order valence-corrected chi connectivity index (χ3v) is 4.11. The van der Waals surface area contributed by atoms with E-state index in [1.807, 2.05) is 75.5 Å².